The normalized spacial score (nSPS) is 13.8. The number of hydrogen-bond acceptors (Lipinski definition) is 8. The van der Waals surface area contributed by atoms with E-state index in [2.05, 4.69) is 25.7 Å². The van der Waals surface area contributed by atoms with Crippen LogP contribution in [0.3, 0.4) is 0 Å². The van der Waals surface area contributed by atoms with Crippen molar-refractivity contribution in [2.45, 2.75) is 32.3 Å². The van der Waals surface area contributed by atoms with Crippen LogP contribution in [0, 0.1) is 0 Å². The van der Waals surface area contributed by atoms with Gasteiger partial charge in [-0.2, -0.15) is 15.0 Å². The van der Waals surface area contributed by atoms with Gasteiger partial charge in [0, 0.05) is 6.54 Å². The van der Waals surface area contributed by atoms with E-state index in [1.54, 1.807) is 6.92 Å². The Hall–Kier alpha value is -1.67. The van der Waals surface area contributed by atoms with Crippen LogP contribution in [0.1, 0.15) is 26.7 Å². The second-order valence-corrected chi connectivity index (χ2v) is 4.21. The lowest BCUT2D eigenvalue weighted by Crippen LogP contribution is -2.33. The highest BCUT2D eigenvalue weighted by molar-refractivity contribution is 5.35. The van der Waals surface area contributed by atoms with Gasteiger partial charge in [0.05, 0.1) is 12.7 Å². The summed E-state index contributed by atoms with van der Waals surface area (Å²) in [5.41, 5.74) is 1.51. The number of hydrazine groups is 1. The zero-order chi connectivity index (χ0) is 13.6. The first kappa shape index (κ1) is 14.4. The average Bonchev–Trinajstić information content (AvgIpc) is 2.36. The third kappa shape index (κ3) is 4.30. The fraction of sp³-hybridized carbons (Fsp3) is 0.700. The molecule has 0 aliphatic heterocycles. The van der Waals surface area contributed by atoms with Crippen LogP contribution in [0.4, 0.5) is 11.9 Å². The molecular weight excluding hydrogens is 236 g/mol. The molecule has 0 aliphatic rings. The summed E-state index contributed by atoms with van der Waals surface area (Å²) < 4.78 is 4.92. The minimum absolute atomic E-state index is 0.149. The fourth-order valence-electron chi connectivity index (χ4n) is 1.49. The number of methoxy groups -OCH3 is 1. The molecule has 102 valence electrons. The Morgan fingerprint density at radius 1 is 1.33 bits per heavy atom. The Bertz CT molecular complexity index is 362. The summed E-state index contributed by atoms with van der Waals surface area (Å²) in [5, 5.41) is 13.0. The smallest absolute Gasteiger partial charge is 0.322 e. The predicted molar refractivity (Wildman–Crippen MR) is 68.2 cm³/mol. The van der Waals surface area contributed by atoms with Crippen LogP contribution < -0.4 is 21.3 Å². The second kappa shape index (κ2) is 6.31. The summed E-state index contributed by atoms with van der Waals surface area (Å²) in [5.74, 6) is 5.73. The molecule has 0 radical (unpaired) electrons. The van der Waals surface area contributed by atoms with Crippen molar-refractivity contribution in [3.8, 4) is 6.01 Å². The predicted octanol–water partition coefficient (Wildman–Crippen LogP) is 0.129. The number of anilines is 2. The summed E-state index contributed by atoms with van der Waals surface area (Å²) in [6.45, 7) is 4.10. The van der Waals surface area contributed by atoms with Crippen molar-refractivity contribution in [1.29, 1.82) is 0 Å². The van der Waals surface area contributed by atoms with Crippen molar-refractivity contribution in [1.82, 2.24) is 15.0 Å². The Morgan fingerprint density at radius 3 is 2.56 bits per heavy atom. The molecule has 0 amide bonds. The monoisotopic (exact) mass is 256 g/mol. The molecule has 0 fully saturated rings. The minimum atomic E-state index is -0.815. The molecule has 0 bridgehead atoms. The lowest BCUT2D eigenvalue weighted by atomic mass is 10.0. The molecule has 0 saturated carbocycles. The molecule has 0 spiro atoms. The number of nitrogens with one attached hydrogen (secondary N) is 2. The summed E-state index contributed by atoms with van der Waals surface area (Å²) in [6.07, 6.45) is 1.58. The number of rotatable bonds is 7. The molecule has 1 aromatic rings. The third-order valence-electron chi connectivity index (χ3n) is 2.34. The molecule has 1 rings (SSSR count). The number of aromatic nitrogens is 3. The quantitative estimate of drug-likeness (QED) is 0.401. The highest BCUT2D eigenvalue weighted by atomic mass is 16.5. The van der Waals surface area contributed by atoms with Gasteiger partial charge in [-0.25, -0.2) is 5.84 Å². The molecule has 8 nitrogen and oxygen atoms in total. The van der Waals surface area contributed by atoms with Crippen molar-refractivity contribution < 1.29 is 9.84 Å². The van der Waals surface area contributed by atoms with Crippen LogP contribution >= 0.6 is 0 Å². The molecular formula is C10H20N6O2. The minimum Gasteiger partial charge on any atom is -0.467 e. The lowest BCUT2D eigenvalue weighted by molar-refractivity contribution is 0.0635. The Balaban J connectivity index is 2.72. The van der Waals surface area contributed by atoms with E-state index >= 15 is 0 Å². The number of nitrogens with two attached hydrogens (primary N) is 1. The Labute approximate surface area is 106 Å². The molecule has 0 aromatic carbocycles. The van der Waals surface area contributed by atoms with E-state index in [-0.39, 0.29) is 12.0 Å². The highest BCUT2D eigenvalue weighted by Gasteiger charge is 2.19. The van der Waals surface area contributed by atoms with Gasteiger partial charge in [0.15, 0.2) is 0 Å². The number of ether oxygens (including phenoxy) is 1. The second-order valence-electron chi connectivity index (χ2n) is 4.21. The van der Waals surface area contributed by atoms with E-state index < -0.39 is 5.60 Å². The van der Waals surface area contributed by atoms with Crippen LogP contribution in [0.25, 0.3) is 0 Å². The first-order valence-corrected chi connectivity index (χ1v) is 5.73. The van der Waals surface area contributed by atoms with Crippen molar-refractivity contribution >= 4 is 11.9 Å². The number of nitrogens with zero attached hydrogens (tertiary/aromatic N) is 3. The molecule has 0 saturated heterocycles. The van der Waals surface area contributed by atoms with E-state index in [1.807, 2.05) is 6.92 Å². The van der Waals surface area contributed by atoms with Crippen LogP contribution in [-0.4, -0.2) is 39.3 Å². The largest absolute Gasteiger partial charge is 0.467 e. The van der Waals surface area contributed by atoms with E-state index in [0.717, 1.165) is 6.42 Å². The van der Waals surface area contributed by atoms with Gasteiger partial charge in [-0.1, -0.05) is 13.3 Å². The number of hydrogen-bond donors (Lipinski definition) is 4. The SMILES string of the molecule is CCCC(C)(O)CNc1nc(NN)nc(OC)n1. The van der Waals surface area contributed by atoms with Gasteiger partial charge in [-0.15, -0.1) is 0 Å². The van der Waals surface area contributed by atoms with E-state index in [4.69, 9.17) is 10.6 Å². The van der Waals surface area contributed by atoms with E-state index in [0.29, 0.717) is 18.9 Å². The molecule has 1 aromatic heterocycles. The molecule has 5 N–H and O–H groups in total. The summed E-state index contributed by atoms with van der Waals surface area (Å²) in [4.78, 5) is 11.9. The van der Waals surface area contributed by atoms with Crippen molar-refractivity contribution in [3.05, 3.63) is 0 Å². The van der Waals surface area contributed by atoms with Crippen molar-refractivity contribution in [2.75, 3.05) is 24.4 Å². The number of aliphatic hydroxyl groups is 1. The maximum atomic E-state index is 10.0. The van der Waals surface area contributed by atoms with Gasteiger partial charge in [0.25, 0.3) is 0 Å². The van der Waals surface area contributed by atoms with Gasteiger partial charge < -0.3 is 15.2 Å². The molecule has 18 heavy (non-hydrogen) atoms. The van der Waals surface area contributed by atoms with Crippen LogP contribution in [0.2, 0.25) is 0 Å². The zero-order valence-electron chi connectivity index (χ0n) is 10.9. The number of nitrogen functional groups attached to an aromatic ring is 1. The first-order valence-electron chi connectivity index (χ1n) is 5.73. The first-order chi connectivity index (χ1) is 8.50. The van der Waals surface area contributed by atoms with Gasteiger partial charge >= 0.3 is 6.01 Å². The standard InChI is InChI=1S/C10H20N6O2/c1-4-5-10(2,17)6-12-7-13-8(16-11)15-9(14-7)18-3/h17H,4-6,11H2,1-3H3,(H2,12,13,14,15,16). The topological polar surface area (TPSA) is 118 Å². The Morgan fingerprint density at radius 2 is 2.00 bits per heavy atom. The summed E-state index contributed by atoms with van der Waals surface area (Å²) >= 11 is 0. The maximum Gasteiger partial charge on any atom is 0.322 e. The van der Waals surface area contributed by atoms with Crippen LogP contribution in [-0.2, 0) is 0 Å². The molecule has 0 aliphatic carbocycles. The van der Waals surface area contributed by atoms with Gasteiger partial charge in [0.2, 0.25) is 11.9 Å². The van der Waals surface area contributed by atoms with Gasteiger partial charge in [0.1, 0.15) is 0 Å². The van der Waals surface area contributed by atoms with Crippen molar-refractivity contribution in [2.24, 2.45) is 5.84 Å². The molecule has 1 heterocycles. The summed E-state index contributed by atoms with van der Waals surface area (Å²) in [7, 11) is 1.45. The maximum absolute atomic E-state index is 10.0. The van der Waals surface area contributed by atoms with Gasteiger partial charge in [-0.3, -0.25) is 5.43 Å². The molecule has 1 atom stereocenters. The van der Waals surface area contributed by atoms with Crippen LogP contribution in [0.15, 0.2) is 0 Å². The lowest BCUT2D eigenvalue weighted by Gasteiger charge is -2.22. The van der Waals surface area contributed by atoms with E-state index in [1.165, 1.54) is 7.11 Å². The zero-order valence-corrected chi connectivity index (χ0v) is 10.9. The van der Waals surface area contributed by atoms with Crippen molar-refractivity contribution in [3.63, 3.8) is 0 Å². The van der Waals surface area contributed by atoms with Gasteiger partial charge in [-0.05, 0) is 13.3 Å². The fourth-order valence-corrected chi connectivity index (χ4v) is 1.49. The molecule has 1 unspecified atom stereocenters. The van der Waals surface area contributed by atoms with E-state index in [9.17, 15) is 5.11 Å². The Kier molecular flexibility index (Phi) is 5.05. The third-order valence-corrected chi connectivity index (χ3v) is 2.34. The average molecular weight is 256 g/mol. The summed E-state index contributed by atoms with van der Waals surface area (Å²) in [6, 6.07) is 0.149. The van der Waals surface area contributed by atoms with Crippen LogP contribution in [0.5, 0.6) is 6.01 Å². The highest BCUT2D eigenvalue weighted by Crippen LogP contribution is 2.14. The molecule has 8 heteroatoms.